The highest BCUT2D eigenvalue weighted by molar-refractivity contribution is 7.98. The molecule has 0 radical (unpaired) electrons. The molecular weight excluding hydrogens is 392 g/mol. The molecule has 1 aromatic heterocycles. The summed E-state index contributed by atoms with van der Waals surface area (Å²) in [6, 6.07) is 19.8. The Morgan fingerprint density at radius 1 is 1.00 bits per heavy atom. The van der Waals surface area contributed by atoms with Crippen LogP contribution in [0.25, 0.3) is 0 Å². The minimum atomic E-state index is -0.302. The van der Waals surface area contributed by atoms with E-state index in [0.29, 0.717) is 24.1 Å². The minimum absolute atomic E-state index is 0.145. The van der Waals surface area contributed by atoms with Gasteiger partial charge in [-0.25, -0.2) is 9.97 Å². The van der Waals surface area contributed by atoms with Crippen LogP contribution in [-0.4, -0.2) is 28.7 Å². The number of halogens is 1. The number of rotatable bonds is 8. The normalized spacial score (nSPS) is 10.5. The van der Waals surface area contributed by atoms with Gasteiger partial charge in [-0.05, 0) is 23.8 Å². The second-order valence-corrected chi connectivity index (χ2v) is 7.19. The number of amides is 1. The highest BCUT2D eigenvalue weighted by Crippen LogP contribution is 2.24. The van der Waals surface area contributed by atoms with Gasteiger partial charge in [-0.3, -0.25) is 4.79 Å². The Morgan fingerprint density at radius 2 is 1.64 bits per heavy atom. The van der Waals surface area contributed by atoms with Crippen LogP contribution in [0.1, 0.15) is 21.5 Å². The van der Waals surface area contributed by atoms with Crippen molar-refractivity contribution < 1.29 is 4.79 Å². The van der Waals surface area contributed by atoms with Gasteiger partial charge in [0, 0.05) is 13.1 Å². The van der Waals surface area contributed by atoms with Crippen molar-refractivity contribution in [3.8, 4) is 0 Å². The van der Waals surface area contributed by atoms with Crippen molar-refractivity contribution in [2.24, 2.45) is 0 Å². The summed E-state index contributed by atoms with van der Waals surface area (Å²) in [7, 11) is 0. The first kappa shape index (κ1) is 20.2. The average molecular weight is 413 g/mol. The molecule has 0 saturated carbocycles. The zero-order valence-electron chi connectivity index (χ0n) is 15.5. The maximum absolute atomic E-state index is 12.8. The smallest absolute Gasteiger partial charge is 0.258 e. The number of aromatic nitrogens is 2. The van der Waals surface area contributed by atoms with Crippen LogP contribution in [0.2, 0.25) is 5.15 Å². The molecule has 0 aliphatic rings. The lowest BCUT2D eigenvalue weighted by atomic mass is 10.1. The molecule has 2 N–H and O–H groups in total. The second-order valence-electron chi connectivity index (χ2n) is 6.06. The molecule has 3 aromatic rings. The molecule has 0 saturated heterocycles. The summed E-state index contributed by atoms with van der Waals surface area (Å²) in [5.74, 6) is 0.148. The van der Waals surface area contributed by atoms with E-state index in [1.54, 1.807) is 0 Å². The zero-order valence-corrected chi connectivity index (χ0v) is 17.1. The van der Waals surface area contributed by atoms with Crippen molar-refractivity contribution in [3.05, 3.63) is 82.5 Å². The van der Waals surface area contributed by atoms with Crippen molar-refractivity contribution in [1.29, 1.82) is 0 Å². The largest absolute Gasteiger partial charge is 0.369 e. The topological polar surface area (TPSA) is 66.9 Å². The van der Waals surface area contributed by atoms with Crippen LogP contribution in [0.15, 0.2) is 65.8 Å². The van der Waals surface area contributed by atoms with Crippen LogP contribution in [0.4, 0.5) is 5.82 Å². The molecule has 7 heteroatoms. The minimum Gasteiger partial charge on any atom is -0.369 e. The third kappa shape index (κ3) is 5.47. The van der Waals surface area contributed by atoms with Crippen LogP contribution in [-0.2, 0) is 13.0 Å². The first-order chi connectivity index (χ1) is 13.7. The van der Waals surface area contributed by atoms with E-state index in [1.165, 1.54) is 17.3 Å². The Morgan fingerprint density at radius 3 is 2.29 bits per heavy atom. The Bertz CT molecular complexity index is 922. The van der Waals surface area contributed by atoms with Crippen LogP contribution in [0.5, 0.6) is 0 Å². The molecule has 2 aromatic carbocycles. The lowest BCUT2D eigenvalue weighted by Crippen LogP contribution is -2.25. The highest BCUT2D eigenvalue weighted by atomic mass is 35.5. The molecule has 0 aliphatic carbocycles. The van der Waals surface area contributed by atoms with Gasteiger partial charge in [0.1, 0.15) is 16.5 Å². The Kier molecular flexibility index (Phi) is 7.28. The van der Waals surface area contributed by atoms with Crippen molar-refractivity contribution >= 4 is 35.1 Å². The third-order valence-electron chi connectivity index (χ3n) is 4.10. The molecule has 0 bridgehead atoms. The summed E-state index contributed by atoms with van der Waals surface area (Å²) in [5.41, 5.74) is 2.48. The monoisotopic (exact) mass is 412 g/mol. The number of carbonyl (C=O) groups excluding carboxylic acids is 1. The molecular formula is C21H21ClN4OS. The van der Waals surface area contributed by atoms with Crippen molar-refractivity contribution in [2.45, 2.75) is 18.1 Å². The fourth-order valence-electron chi connectivity index (χ4n) is 2.67. The molecule has 0 aliphatic heterocycles. The Hall–Kier alpha value is -2.57. The fraction of sp³-hybridized carbons (Fsp3) is 0.190. The first-order valence-corrected chi connectivity index (χ1v) is 10.5. The van der Waals surface area contributed by atoms with Gasteiger partial charge >= 0.3 is 0 Å². The quantitative estimate of drug-likeness (QED) is 0.325. The number of thioether (sulfide) groups is 1. The third-order valence-corrected chi connectivity index (χ3v) is 4.92. The number of hydrogen-bond donors (Lipinski definition) is 2. The maximum Gasteiger partial charge on any atom is 0.258 e. The maximum atomic E-state index is 12.8. The summed E-state index contributed by atoms with van der Waals surface area (Å²) in [6.07, 6.45) is 2.68. The molecule has 0 atom stereocenters. The number of nitrogens with zero attached hydrogens (tertiary/aromatic N) is 2. The lowest BCUT2D eigenvalue weighted by molar-refractivity contribution is 0.0951. The summed E-state index contributed by atoms with van der Waals surface area (Å²) in [5, 5.41) is 6.80. The van der Waals surface area contributed by atoms with E-state index in [9.17, 15) is 4.79 Å². The summed E-state index contributed by atoms with van der Waals surface area (Å²) < 4.78 is 0. The van der Waals surface area contributed by atoms with Gasteiger partial charge in [0.25, 0.3) is 5.91 Å². The van der Waals surface area contributed by atoms with Crippen molar-refractivity contribution in [3.63, 3.8) is 0 Å². The average Bonchev–Trinajstić information content (AvgIpc) is 2.73. The number of benzene rings is 2. The molecule has 28 heavy (non-hydrogen) atoms. The van der Waals surface area contributed by atoms with Gasteiger partial charge in [-0.15, -0.1) is 0 Å². The predicted octanol–water partition coefficient (Wildman–Crippen LogP) is 4.44. The number of hydrogen-bond acceptors (Lipinski definition) is 5. The Labute approximate surface area is 173 Å². The molecule has 1 heterocycles. The van der Waals surface area contributed by atoms with Gasteiger partial charge in [0.2, 0.25) is 0 Å². The van der Waals surface area contributed by atoms with Crippen LogP contribution >= 0.6 is 23.4 Å². The molecule has 5 nitrogen and oxygen atoms in total. The SMILES string of the molecule is CSc1nc(Cl)c(C(=O)NCc2ccccc2)c(NCCc2ccccc2)n1. The summed E-state index contributed by atoms with van der Waals surface area (Å²) >= 11 is 7.70. The van der Waals surface area contributed by atoms with Gasteiger partial charge in [0.05, 0.1) is 0 Å². The van der Waals surface area contributed by atoms with E-state index in [-0.39, 0.29) is 16.6 Å². The van der Waals surface area contributed by atoms with E-state index in [4.69, 9.17) is 11.6 Å². The number of carbonyl (C=O) groups is 1. The van der Waals surface area contributed by atoms with Gasteiger partial charge in [-0.1, -0.05) is 84.0 Å². The van der Waals surface area contributed by atoms with Gasteiger partial charge in [-0.2, -0.15) is 0 Å². The van der Waals surface area contributed by atoms with Crippen molar-refractivity contribution in [1.82, 2.24) is 15.3 Å². The van der Waals surface area contributed by atoms with E-state index < -0.39 is 0 Å². The molecule has 144 valence electrons. The van der Waals surface area contributed by atoms with Gasteiger partial charge < -0.3 is 10.6 Å². The fourth-order valence-corrected chi connectivity index (χ4v) is 3.34. The number of nitrogens with one attached hydrogen (secondary N) is 2. The van der Waals surface area contributed by atoms with Crippen LogP contribution < -0.4 is 10.6 Å². The Balaban J connectivity index is 1.73. The summed E-state index contributed by atoms with van der Waals surface area (Å²) in [4.78, 5) is 21.4. The summed E-state index contributed by atoms with van der Waals surface area (Å²) in [6.45, 7) is 1.04. The van der Waals surface area contributed by atoms with Crippen molar-refractivity contribution in [2.75, 3.05) is 18.1 Å². The van der Waals surface area contributed by atoms with Crippen LogP contribution in [0, 0.1) is 0 Å². The van der Waals surface area contributed by atoms with Crippen LogP contribution in [0.3, 0.4) is 0 Å². The van der Waals surface area contributed by atoms with E-state index in [1.807, 2.05) is 54.8 Å². The molecule has 0 spiro atoms. The van der Waals surface area contributed by atoms with E-state index >= 15 is 0 Å². The molecule has 0 unspecified atom stereocenters. The van der Waals surface area contributed by atoms with E-state index in [0.717, 1.165) is 12.0 Å². The predicted molar refractivity (Wildman–Crippen MR) is 115 cm³/mol. The second kappa shape index (κ2) is 10.1. The highest BCUT2D eigenvalue weighted by Gasteiger charge is 2.20. The lowest BCUT2D eigenvalue weighted by Gasteiger charge is -2.13. The first-order valence-electron chi connectivity index (χ1n) is 8.89. The molecule has 1 amide bonds. The molecule has 3 rings (SSSR count). The number of anilines is 1. The standard InChI is InChI=1S/C21H21ClN4OS/c1-28-21-25-18(22)17(20(27)24-14-16-10-6-3-7-11-16)19(26-21)23-13-12-15-8-4-2-5-9-15/h2-11H,12-14H2,1H3,(H,24,27)(H,23,25,26). The van der Waals surface area contributed by atoms with Gasteiger partial charge in [0.15, 0.2) is 5.16 Å². The van der Waals surface area contributed by atoms with E-state index in [2.05, 4.69) is 32.7 Å². The molecule has 0 fully saturated rings. The zero-order chi connectivity index (χ0) is 19.8.